The Morgan fingerprint density at radius 2 is 0.531 bits per heavy atom. The number of unbranched alkanes of at least 4 members (excludes halogenated alkanes) is 42. The summed E-state index contributed by atoms with van der Waals surface area (Å²) in [4.78, 5) is 72.9. The second-order valence-corrected chi connectivity index (χ2v) is 31.8. The summed E-state index contributed by atoms with van der Waals surface area (Å²) in [7, 11) is -9.91. The van der Waals surface area contributed by atoms with Crippen molar-refractivity contribution in [3.05, 3.63) is 0 Å². The van der Waals surface area contributed by atoms with Gasteiger partial charge in [-0.15, -0.1) is 0 Å². The lowest BCUT2D eigenvalue weighted by Crippen LogP contribution is -2.30. The molecular weight excluding hydrogens is 1260 g/mol. The molecule has 0 fully saturated rings. The van der Waals surface area contributed by atoms with Crippen molar-refractivity contribution in [3.8, 4) is 0 Å². The Balaban J connectivity index is 5.26. The van der Waals surface area contributed by atoms with E-state index in [1.807, 2.05) is 0 Å². The van der Waals surface area contributed by atoms with Gasteiger partial charge in [-0.3, -0.25) is 37.3 Å². The first-order valence-corrected chi connectivity index (χ1v) is 42.9. The first-order valence-electron chi connectivity index (χ1n) is 39.9. The standard InChI is InChI=1S/C77H150O17P2/c1-8-10-11-12-13-14-15-16-17-18-21-26-31-36-44-51-58-74(79)87-64-72(93-76(81)60-53-46-37-32-27-22-19-20-24-29-34-41-48-55-68(3)4)66-91-95(83,84)89-62-71(78)63-90-96(85,86)92-67-73(65-88-75(80)59-52-45-40-39-43-50-57-70(7)9-2)94-77(82)61-54-47-38-33-28-23-25-30-35-42-49-56-69(5)6/h68-73,78H,8-67H2,1-7H3,(H,83,84)(H,85,86)/t70?,71-,72-,73-/m1/s1. The Morgan fingerprint density at radius 1 is 0.302 bits per heavy atom. The summed E-state index contributed by atoms with van der Waals surface area (Å²) in [5, 5.41) is 10.6. The molecule has 0 saturated heterocycles. The zero-order valence-corrected chi connectivity index (χ0v) is 64.6. The van der Waals surface area contributed by atoms with Crippen molar-refractivity contribution < 1.29 is 80.2 Å². The van der Waals surface area contributed by atoms with Crippen LogP contribution in [0.4, 0.5) is 0 Å². The molecule has 3 N–H and O–H groups in total. The van der Waals surface area contributed by atoms with Gasteiger partial charge in [-0.1, -0.05) is 344 Å². The van der Waals surface area contributed by atoms with E-state index in [-0.39, 0.29) is 25.7 Å². The molecule has 0 aromatic carbocycles. The molecule has 0 heterocycles. The van der Waals surface area contributed by atoms with Crippen LogP contribution in [-0.2, 0) is 65.4 Å². The van der Waals surface area contributed by atoms with Crippen molar-refractivity contribution >= 4 is 39.5 Å². The number of rotatable bonds is 75. The summed E-state index contributed by atoms with van der Waals surface area (Å²) >= 11 is 0. The van der Waals surface area contributed by atoms with Crippen molar-refractivity contribution in [3.63, 3.8) is 0 Å². The number of esters is 4. The Morgan fingerprint density at radius 3 is 0.792 bits per heavy atom. The van der Waals surface area contributed by atoms with Crippen molar-refractivity contribution in [1.29, 1.82) is 0 Å². The summed E-state index contributed by atoms with van der Waals surface area (Å²) in [5.74, 6) is 0.166. The van der Waals surface area contributed by atoms with Gasteiger partial charge in [-0.25, -0.2) is 9.13 Å². The first kappa shape index (κ1) is 94.1. The molecule has 570 valence electrons. The Labute approximate surface area is 588 Å². The van der Waals surface area contributed by atoms with Gasteiger partial charge in [0.25, 0.3) is 0 Å². The Hall–Kier alpha value is -1.94. The molecule has 0 amide bonds. The van der Waals surface area contributed by atoms with Crippen LogP contribution < -0.4 is 0 Å². The number of aliphatic hydroxyl groups is 1. The van der Waals surface area contributed by atoms with E-state index in [4.69, 9.17) is 37.0 Å². The first-order chi connectivity index (χ1) is 46.3. The van der Waals surface area contributed by atoms with Gasteiger partial charge in [0.15, 0.2) is 12.2 Å². The fourth-order valence-corrected chi connectivity index (χ4v) is 13.3. The van der Waals surface area contributed by atoms with E-state index in [9.17, 15) is 43.2 Å². The summed E-state index contributed by atoms with van der Waals surface area (Å²) < 4.78 is 68.6. The monoisotopic (exact) mass is 1410 g/mol. The second-order valence-electron chi connectivity index (χ2n) is 28.9. The second kappa shape index (κ2) is 67.5. The van der Waals surface area contributed by atoms with E-state index in [1.54, 1.807) is 0 Å². The molecule has 19 heteroatoms. The molecule has 96 heavy (non-hydrogen) atoms. The van der Waals surface area contributed by atoms with Crippen molar-refractivity contribution in [2.45, 2.75) is 414 Å². The molecule has 0 aromatic rings. The molecule has 6 atom stereocenters. The van der Waals surface area contributed by atoms with Crippen molar-refractivity contribution in [2.24, 2.45) is 17.8 Å². The Kier molecular flexibility index (Phi) is 66.2. The van der Waals surface area contributed by atoms with Gasteiger partial charge >= 0.3 is 39.5 Å². The van der Waals surface area contributed by atoms with E-state index in [2.05, 4.69) is 48.5 Å². The molecule has 0 aliphatic rings. The molecule has 0 rings (SSSR count). The average molecular weight is 1410 g/mol. The average Bonchev–Trinajstić information content (AvgIpc) is 1.50. The predicted molar refractivity (Wildman–Crippen MR) is 391 cm³/mol. The molecule has 0 aromatic heterocycles. The lowest BCUT2D eigenvalue weighted by molar-refractivity contribution is -0.161. The number of carbonyl (C=O) groups excluding carboxylic acids is 4. The minimum Gasteiger partial charge on any atom is -0.462 e. The van der Waals surface area contributed by atoms with Crippen LogP contribution in [-0.4, -0.2) is 96.7 Å². The number of ether oxygens (including phenoxy) is 4. The summed E-state index contributed by atoms with van der Waals surface area (Å²) in [5.41, 5.74) is 0. The summed E-state index contributed by atoms with van der Waals surface area (Å²) in [6.45, 7) is 11.9. The Bertz CT molecular complexity index is 1870. The van der Waals surface area contributed by atoms with E-state index in [0.29, 0.717) is 25.7 Å². The summed E-state index contributed by atoms with van der Waals surface area (Å²) in [6, 6.07) is 0. The number of phosphoric acid groups is 2. The van der Waals surface area contributed by atoms with Crippen molar-refractivity contribution in [1.82, 2.24) is 0 Å². The zero-order valence-electron chi connectivity index (χ0n) is 62.8. The molecule has 0 spiro atoms. The van der Waals surface area contributed by atoms with Gasteiger partial charge in [-0.05, 0) is 43.4 Å². The lowest BCUT2D eigenvalue weighted by atomic mass is 10.00. The highest BCUT2D eigenvalue weighted by atomic mass is 31.2. The third kappa shape index (κ3) is 69.2. The number of carbonyl (C=O) groups is 4. The van der Waals surface area contributed by atoms with Crippen LogP contribution in [0.1, 0.15) is 395 Å². The van der Waals surface area contributed by atoms with Gasteiger partial charge < -0.3 is 33.8 Å². The number of hydrogen-bond acceptors (Lipinski definition) is 15. The van der Waals surface area contributed by atoms with Gasteiger partial charge in [-0.2, -0.15) is 0 Å². The molecule has 0 aliphatic carbocycles. The maximum atomic E-state index is 13.1. The van der Waals surface area contributed by atoms with Crippen LogP contribution >= 0.6 is 15.6 Å². The van der Waals surface area contributed by atoms with Crippen molar-refractivity contribution in [2.75, 3.05) is 39.6 Å². The normalized spacial score (nSPS) is 14.3. The van der Waals surface area contributed by atoms with E-state index in [0.717, 1.165) is 114 Å². The van der Waals surface area contributed by atoms with Gasteiger partial charge in [0.05, 0.1) is 26.4 Å². The minimum atomic E-state index is -4.96. The molecular formula is C77H150O17P2. The summed E-state index contributed by atoms with van der Waals surface area (Å²) in [6.07, 6.45) is 54.1. The van der Waals surface area contributed by atoms with Crippen LogP contribution in [0.25, 0.3) is 0 Å². The quantitative estimate of drug-likeness (QED) is 0.0222. The highest BCUT2D eigenvalue weighted by Gasteiger charge is 2.30. The molecule has 0 radical (unpaired) electrons. The lowest BCUT2D eigenvalue weighted by Gasteiger charge is -2.21. The van der Waals surface area contributed by atoms with Crippen LogP contribution in [0.5, 0.6) is 0 Å². The van der Waals surface area contributed by atoms with Crippen LogP contribution in [0.3, 0.4) is 0 Å². The third-order valence-corrected chi connectivity index (χ3v) is 20.1. The topological polar surface area (TPSA) is 237 Å². The smallest absolute Gasteiger partial charge is 0.462 e. The molecule has 3 unspecified atom stereocenters. The molecule has 0 saturated carbocycles. The number of aliphatic hydroxyl groups excluding tert-OH is 1. The predicted octanol–water partition coefficient (Wildman–Crippen LogP) is 22.6. The zero-order chi connectivity index (χ0) is 70.9. The van der Waals surface area contributed by atoms with Crippen LogP contribution in [0.15, 0.2) is 0 Å². The van der Waals surface area contributed by atoms with Gasteiger partial charge in [0.1, 0.15) is 19.3 Å². The SMILES string of the molecule is CCCCCCCCCCCCCCCCCCC(=O)OC[C@H](COP(=O)(O)OC[C@@H](O)COP(=O)(O)OC[C@@H](COC(=O)CCCCCCCCC(C)CC)OC(=O)CCCCCCCCCCCCCC(C)C)OC(=O)CCCCCCCCCCCCCCCC(C)C. The third-order valence-electron chi connectivity index (χ3n) is 18.2. The van der Waals surface area contributed by atoms with E-state index < -0.39 is 97.5 Å². The number of hydrogen-bond donors (Lipinski definition) is 3. The van der Waals surface area contributed by atoms with Gasteiger partial charge in [0.2, 0.25) is 0 Å². The highest BCUT2D eigenvalue weighted by molar-refractivity contribution is 7.47. The number of phosphoric ester groups is 2. The van der Waals surface area contributed by atoms with Crippen LogP contribution in [0.2, 0.25) is 0 Å². The molecule has 17 nitrogen and oxygen atoms in total. The highest BCUT2D eigenvalue weighted by Crippen LogP contribution is 2.45. The largest absolute Gasteiger partial charge is 0.472 e. The van der Waals surface area contributed by atoms with E-state index >= 15 is 0 Å². The fraction of sp³-hybridized carbons (Fsp3) is 0.948. The molecule has 0 bridgehead atoms. The minimum absolute atomic E-state index is 0.105. The maximum Gasteiger partial charge on any atom is 0.472 e. The van der Waals surface area contributed by atoms with Crippen LogP contribution in [0, 0.1) is 17.8 Å². The van der Waals surface area contributed by atoms with E-state index in [1.165, 1.54) is 199 Å². The maximum absolute atomic E-state index is 13.1. The fourth-order valence-electron chi connectivity index (χ4n) is 11.7. The molecule has 0 aliphatic heterocycles. The van der Waals surface area contributed by atoms with Gasteiger partial charge in [0, 0.05) is 25.7 Å².